The lowest BCUT2D eigenvalue weighted by Crippen LogP contribution is -2.43. The Morgan fingerprint density at radius 3 is 2.65 bits per heavy atom. The van der Waals surface area contributed by atoms with E-state index in [1.807, 2.05) is 0 Å². The van der Waals surface area contributed by atoms with E-state index >= 15 is 0 Å². The van der Waals surface area contributed by atoms with Gasteiger partial charge in [-0.3, -0.25) is 0 Å². The summed E-state index contributed by atoms with van der Waals surface area (Å²) in [6, 6.07) is 0. The first-order valence-corrected chi connectivity index (χ1v) is 7.76. The number of nitrogens with one attached hydrogen (secondary N) is 1. The van der Waals surface area contributed by atoms with E-state index in [9.17, 15) is 5.11 Å². The highest BCUT2D eigenvalue weighted by Crippen LogP contribution is 2.42. The molecule has 2 heterocycles. The van der Waals surface area contributed by atoms with Crippen molar-refractivity contribution in [1.82, 2.24) is 15.5 Å². The lowest BCUT2D eigenvalue weighted by atomic mass is 9.73. The highest BCUT2D eigenvalue weighted by molar-refractivity contribution is 5.05. The van der Waals surface area contributed by atoms with Gasteiger partial charge in [-0.1, -0.05) is 19.0 Å². The van der Waals surface area contributed by atoms with E-state index in [1.54, 1.807) is 0 Å². The standard InChI is InChI=1S/C15H25N3O2/c1-14(2)7-4-11(5-8-14)12-17-13(20-18-12)15(19)6-3-9-16-10-15/h11,16,19H,3-10H2,1-2H3. The van der Waals surface area contributed by atoms with Crippen LogP contribution >= 0.6 is 0 Å². The van der Waals surface area contributed by atoms with E-state index in [2.05, 4.69) is 29.3 Å². The summed E-state index contributed by atoms with van der Waals surface area (Å²) in [5, 5.41) is 17.9. The maximum Gasteiger partial charge on any atom is 0.259 e. The van der Waals surface area contributed by atoms with Gasteiger partial charge in [0, 0.05) is 12.5 Å². The Kier molecular flexibility index (Phi) is 3.58. The van der Waals surface area contributed by atoms with E-state index in [-0.39, 0.29) is 0 Å². The number of piperidine rings is 1. The Morgan fingerprint density at radius 1 is 1.25 bits per heavy atom. The van der Waals surface area contributed by atoms with Gasteiger partial charge in [-0.2, -0.15) is 4.98 Å². The number of β-amino-alcohol motifs (C(OH)–C–C–N with tert-alkyl or cyclic N) is 1. The van der Waals surface area contributed by atoms with Gasteiger partial charge in [0.25, 0.3) is 5.89 Å². The molecule has 0 bridgehead atoms. The Hall–Kier alpha value is -0.940. The fourth-order valence-electron chi connectivity index (χ4n) is 3.32. The first-order chi connectivity index (χ1) is 9.49. The minimum atomic E-state index is -0.975. The van der Waals surface area contributed by atoms with Gasteiger partial charge in [-0.15, -0.1) is 0 Å². The summed E-state index contributed by atoms with van der Waals surface area (Å²) in [5.74, 6) is 1.57. The Balaban J connectivity index is 1.71. The molecule has 0 aromatic carbocycles. The van der Waals surface area contributed by atoms with E-state index in [0.29, 0.717) is 30.2 Å². The van der Waals surface area contributed by atoms with Crippen molar-refractivity contribution in [2.75, 3.05) is 13.1 Å². The fraction of sp³-hybridized carbons (Fsp3) is 0.867. The molecule has 1 unspecified atom stereocenters. The average molecular weight is 279 g/mol. The van der Waals surface area contributed by atoms with E-state index in [4.69, 9.17) is 4.52 Å². The second-order valence-corrected chi connectivity index (χ2v) is 7.21. The third kappa shape index (κ3) is 2.74. The first-order valence-electron chi connectivity index (χ1n) is 7.76. The number of hydrogen-bond donors (Lipinski definition) is 2. The molecular formula is C15H25N3O2. The topological polar surface area (TPSA) is 71.2 Å². The van der Waals surface area contributed by atoms with Gasteiger partial charge in [0.1, 0.15) is 0 Å². The first kappa shape index (κ1) is 14.0. The number of aliphatic hydroxyl groups is 1. The van der Waals surface area contributed by atoms with Gasteiger partial charge in [0.15, 0.2) is 11.4 Å². The second kappa shape index (κ2) is 5.11. The van der Waals surface area contributed by atoms with Crippen LogP contribution in [-0.2, 0) is 5.60 Å². The van der Waals surface area contributed by atoms with Crippen molar-refractivity contribution in [3.63, 3.8) is 0 Å². The monoisotopic (exact) mass is 279 g/mol. The third-order valence-electron chi connectivity index (χ3n) is 4.91. The molecule has 1 aliphatic carbocycles. The molecule has 1 aromatic heterocycles. The van der Waals surface area contributed by atoms with Gasteiger partial charge < -0.3 is 14.9 Å². The van der Waals surface area contributed by atoms with Gasteiger partial charge in [-0.05, 0) is 50.5 Å². The molecule has 0 amide bonds. The zero-order chi connectivity index (χ0) is 14.2. The van der Waals surface area contributed by atoms with Crippen molar-refractivity contribution in [2.45, 2.75) is 63.9 Å². The highest BCUT2D eigenvalue weighted by Gasteiger charge is 2.38. The molecule has 0 spiro atoms. The Morgan fingerprint density at radius 2 is 2.00 bits per heavy atom. The zero-order valence-electron chi connectivity index (χ0n) is 12.5. The minimum absolute atomic E-state index is 0.390. The van der Waals surface area contributed by atoms with Crippen molar-refractivity contribution >= 4 is 0 Å². The number of aromatic nitrogens is 2. The quantitative estimate of drug-likeness (QED) is 0.869. The summed E-state index contributed by atoms with van der Waals surface area (Å²) >= 11 is 0. The molecule has 2 fully saturated rings. The van der Waals surface area contributed by atoms with Crippen molar-refractivity contribution in [2.24, 2.45) is 5.41 Å². The van der Waals surface area contributed by atoms with Crippen molar-refractivity contribution in [3.8, 4) is 0 Å². The Labute approximate surface area is 120 Å². The molecule has 5 heteroatoms. The van der Waals surface area contributed by atoms with Crippen LogP contribution in [0.1, 0.15) is 70.0 Å². The van der Waals surface area contributed by atoms with Gasteiger partial charge in [-0.25, -0.2) is 0 Å². The summed E-state index contributed by atoms with van der Waals surface area (Å²) in [7, 11) is 0. The molecule has 2 aliphatic rings. The van der Waals surface area contributed by atoms with Crippen LogP contribution in [0.2, 0.25) is 0 Å². The molecule has 112 valence electrons. The van der Waals surface area contributed by atoms with Crippen LogP contribution in [0.5, 0.6) is 0 Å². The second-order valence-electron chi connectivity index (χ2n) is 7.21. The van der Waals surface area contributed by atoms with Crippen molar-refractivity contribution < 1.29 is 9.63 Å². The lowest BCUT2D eigenvalue weighted by Gasteiger charge is -2.33. The SMILES string of the molecule is CC1(C)CCC(c2noc(C3(O)CCCNC3)n2)CC1. The predicted molar refractivity (Wildman–Crippen MR) is 75.3 cm³/mol. The van der Waals surface area contributed by atoms with Crippen molar-refractivity contribution in [1.29, 1.82) is 0 Å². The fourth-order valence-corrected chi connectivity index (χ4v) is 3.32. The van der Waals surface area contributed by atoms with Crippen molar-refractivity contribution in [3.05, 3.63) is 11.7 Å². The van der Waals surface area contributed by atoms with Gasteiger partial charge >= 0.3 is 0 Å². The summed E-state index contributed by atoms with van der Waals surface area (Å²) < 4.78 is 5.36. The van der Waals surface area contributed by atoms with Gasteiger partial charge in [0.2, 0.25) is 0 Å². The maximum absolute atomic E-state index is 10.6. The molecule has 2 N–H and O–H groups in total. The molecular weight excluding hydrogens is 254 g/mol. The molecule has 1 aromatic rings. The summed E-state index contributed by atoms with van der Waals surface area (Å²) in [6.45, 7) is 6.09. The Bertz CT molecular complexity index is 453. The smallest absolute Gasteiger partial charge is 0.259 e. The molecule has 5 nitrogen and oxygen atoms in total. The summed E-state index contributed by atoms with van der Waals surface area (Å²) in [5.41, 5.74) is -0.536. The summed E-state index contributed by atoms with van der Waals surface area (Å²) in [6.07, 6.45) is 6.26. The number of nitrogens with zero attached hydrogens (tertiary/aromatic N) is 2. The highest BCUT2D eigenvalue weighted by atomic mass is 16.5. The van der Waals surface area contributed by atoms with Crippen LogP contribution in [0.4, 0.5) is 0 Å². The largest absolute Gasteiger partial charge is 0.379 e. The van der Waals surface area contributed by atoms with E-state index in [0.717, 1.165) is 31.6 Å². The molecule has 1 atom stereocenters. The molecule has 20 heavy (non-hydrogen) atoms. The minimum Gasteiger partial charge on any atom is -0.379 e. The van der Waals surface area contributed by atoms with E-state index < -0.39 is 5.60 Å². The molecule has 3 rings (SSSR count). The van der Waals surface area contributed by atoms with Crippen LogP contribution < -0.4 is 5.32 Å². The lowest BCUT2D eigenvalue weighted by molar-refractivity contribution is -0.0167. The predicted octanol–water partition coefficient (Wildman–Crippen LogP) is 2.32. The number of hydrogen-bond acceptors (Lipinski definition) is 5. The number of rotatable bonds is 2. The summed E-state index contributed by atoms with van der Waals surface area (Å²) in [4.78, 5) is 4.51. The van der Waals surface area contributed by atoms with Crippen LogP contribution in [0.3, 0.4) is 0 Å². The average Bonchev–Trinajstić information content (AvgIpc) is 2.90. The van der Waals surface area contributed by atoms with Crippen LogP contribution in [0.15, 0.2) is 4.52 Å². The molecule has 1 saturated carbocycles. The maximum atomic E-state index is 10.6. The van der Waals surface area contributed by atoms with E-state index in [1.165, 1.54) is 12.8 Å². The normalized spacial score (nSPS) is 31.4. The van der Waals surface area contributed by atoms with Gasteiger partial charge in [0.05, 0.1) is 0 Å². The molecule has 1 saturated heterocycles. The van der Waals surface area contributed by atoms with Crippen LogP contribution in [0.25, 0.3) is 0 Å². The van der Waals surface area contributed by atoms with Crippen LogP contribution in [-0.4, -0.2) is 28.3 Å². The molecule has 0 radical (unpaired) electrons. The third-order valence-corrected chi connectivity index (χ3v) is 4.91. The van der Waals surface area contributed by atoms with Crippen LogP contribution in [0, 0.1) is 5.41 Å². The zero-order valence-corrected chi connectivity index (χ0v) is 12.5. The molecule has 1 aliphatic heterocycles.